The fourth-order valence-electron chi connectivity index (χ4n) is 0.636. The van der Waals surface area contributed by atoms with Gasteiger partial charge in [0.15, 0.2) is 0 Å². The Labute approximate surface area is 64.4 Å². The van der Waals surface area contributed by atoms with Crippen molar-refractivity contribution in [2.24, 2.45) is 0 Å². The lowest BCUT2D eigenvalue weighted by Crippen LogP contribution is -2.06. The Morgan fingerprint density at radius 3 is 2.27 bits per heavy atom. The molecule has 0 amide bonds. The highest BCUT2D eigenvalue weighted by atomic mass is 19.4. The van der Waals surface area contributed by atoms with Crippen molar-refractivity contribution >= 4 is 0 Å². The van der Waals surface area contributed by atoms with Crippen LogP contribution in [0.2, 0.25) is 0 Å². The van der Waals surface area contributed by atoms with Crippen LogP contribution in [0.1, 0.15) is 20.3 Å². The zero-order chi connectivity index (χ0) is 8.91. The Bertz CT molecular complexity index is 163. The molecule has 0 rings (SSSR count). The van der Waals surface area contributed by atoms with E-state index < -0.39 is 12.6 Å². The second-order valence-corrected chi connectivity index (χ2v) is 2.33. The molecule has 64 valence electrons. The molecule has 0 unspecified atom stereocenters. The van der Waals surface area contributed by atoms with Crippen LogP contribution in [0.25, 0.3) is 0 Å². The molecule has 0 radical (unpaired) electrons. The molecular formula is C8H11F3. The molecule has 0 atom stereocenters. The number of alkyl halides is 3. The van der Waals surface area contributed by atoms with Crippen LogP contribution in [0.3, 0.4) is 0 Å². The van der Waals surface area contributed by atoms with Gasteiger partial charge < -0.3 is 0 Å². The van der Waals surface area contributed by atoms with E-state index in [0.29, 0.717) is 5.57 Å². The number of hydrogen-bond donors (Lipinski definition) is 0. The van der Waals surface area contributed by atoms with E-state index in [1.165, 1.54) is 13.0 Å². The van der Waals surface area contributed by atoms with Crippen molar-refractivity contribution < 1.29 is 13.2 Å². The van der Waals surface area contributed by atoms with Gasteiger partial charge in [-0.25, -0.2) is 0 Å². The number of rotatable bonds is 2. The van der Waals surface area contributed by atoms with Gasteiger partial charge in [-0.3, -0.25) is 0 Å². The molecule has 0 heterocycles. The van der Waals surface area contributed by atoms with Crippen molar-refractivity contribution in [1.82, 2.24) is 0 Å². The highest BCUT2D eigenvalue weighted by molar-refractivity contribution is 5.10. The molecule has 0 fully saturated rings. The minimum absolute atomic E-state index is 0.329. The van der Waals surface area contributed by atoms with Gasteiger partial charge in [0.2, 0.25) is 0 Å². The SMILES string of the molecule is C/C=C\C=C(\C)CC(F)(F)F. The highest BCUT2D eigenvalue weighted by Gasteiger charge is 2.26. The molecule has 0 aliphatic carbocycles. The molecule has 0 N–H and O–H groups in total. The molecule has 0 aliphatic heterocycles. The summed E-state index contributed by atoms with van der Waals surface area (Å²) in [6.07, 6.45) is -0.145. The Kier molecular flexibility index (Phi) is 3.93. The van der Waals surface area contributed by atoms with E-state index in [1.54, 1.807) is 19.1 Å². The van der Waals surface area contributed by atoms with E-state index in [2.05, 4.69) is 0 Å². The lowest BCUT2D eigenvalue weighted by Gasteiger charge is -2.04. The first-order valence-electron chi connectivity index (χ1n) is 3.31. The predicted molar refractivity (Wildman–Crippen MR) is 39.2 cm³/mol. The van der Waals surface area contributed by atoms with E-state index in [4.69, 9.17) is 0 Å². The summed E-state index contributed by atoms with van der Waals surface area (Å²) in [5, 5.41) is 0. The monoisotopic (exact) mass is 164 g/mol. The zero-order valence-corrected chi connectivity index (χ0v) is 6.57. The first-order chi connectivity index (χ1) is 4.95. The summed E-state index contributed by atoms with van der Waals surface area (Å²) in [5.74, 6) is 0. The molecule has 0 nitrogen and oxygen atoms in total. The van der Waals surface area contributed by atoms with Gasteiger partial charge in [-0.2, -0.15) is 13.2 Å². The summed E-state index contributed by atoms with van der Waals surface area (Å²) < 4.78 is 35.0. The first kappa shape index (κ1) is 10.3. The van der Waals surface area contributed by atoms with Crippen molar-refractivity contribution in [3.05, 3.63) is 23.8 Å². The van der Waals surface area contributed by atoms with Gasteiger partial charge >= 0.3 is 6.18 Å². The third kappa shape index (κ3) is 7.16. The van der Waals surface area contributed by atoms with Crippen molar-refractivity contribution in [1.29, 1.82) is 0 Å². The minimum Gasteiger partial charge on any atom is -0.171 e. The summed E-state index contributed by atoms with van der Waals surface area (Å²) in [7, 11) is 0. The Morgan fingerprint density at radius 1 is 1.36 bits per heavy atom. The highest BCUT2D eigenvalue weighted by Crippen LogP contribution is 2.23. The number of hydrogen-bond acceptors (Lipinski definition) is 0. The second kappa shape index (κ2) is 4.21. The molecule has 0 saturated carbocycles. The summed E-state index contributed by atoms with van der Waals surface area (Å²) >= 11 is 0. The summed E-state index contributed by atoms with van der Waals surface area (Å²) in [4.78, 5) is 0. The molecule has 0 bridgehead atoms. The standard InChI is InChI=1S/C8H11F3/c1-3-4-5-7(2)6-8(9,10)11/h3-5H,6H2,1-2H3/b4-3-,7-5-. The Balaban J connectivity index is 3.96. The van der Waals surface area contributed by atoms with Crippen LogP contribution in [0.15, 0.2) is 23.8 Å². The molecule has 0 aromatic rings. The molecule has 0 aromatic carbocycles. The van der Waals surface area contributed by atoms with Gasteiger partial charge in [0.05, 0.1) is 6.42 Å². The third-order valence-electron chi connectivity index (χ3n) is 1.05. The molecule has 11 heavy (non-hydrogen) atoms. The lowest BCUT2D eigenvalue weighted by atomic mass is 10.2. The Morgan fingerprint density at radius 2 is 1.91 bits per heavy atom. The Hall–Kier alpha value is -0.730. The van der Waals surface area contributed by atoms with Gasteiger partial charge in [-0.15, -0.1) is 0 Å². The number of halogens is 3. The molecular weight excluding hydrogens is 153 g/mol. The largest absolute Gasteiger partial charge is 0.392 e. The summed E-state index contributed by atoms with van der Waals surface area (Å²) in [6, 6.07) is 0. The quantitative estimate of drug-likeness (QED) is 0.548. The molecule has 0 aromatic heterocycles. The van der Waals surface area contributed by atoms with E-state index in [0.717, 1.165) is 0 Å². The van der Waals surface area contributed by atoms with Gasteiger partial charge in [-0.05, 0) is 13.8 Å². The van der Waals surface area contributed by atoms with Crippen molar-refractivity contribution in [2.75, 3.05) is 0 Å². The fourth-order valence-corrected chi connectivity index (χ4v) is 0.636. The number of allylic oxidation sites excluding steroid dienone is 4. The normalized spacial score (nSPS) is 14.5. The molecule has 3 heteroatoms. The van der Waals surface area contributed by atoms with Crippen LogP contribution in [0.4, 0.5) is 13.2 Å². The topological polar surface area (TPSA) is 0 Å². The maximum absolute atomic E-state index is 11.7. The van der Waals surface area contributed by atoms with Gasteiger partial charge in [0, 0.05) is 0 Å². The van der Waals surface area contributed by atoms with Crippen molar-refractivity contribution in [2.45, 2.75) is 26.4 Å². The predicted octanol–water partition coefficient (Wildman–Crippen LogP) is 3.46. The van der Waals surface area contributed by atoms with Crippen LogP contribution in [0.5, 0.6) is 0 Å². The van der Waals surface area contributed by atoms with Crippen molar-refractivity contribution in [3.8, 4) is 0 Å². The van der Waals surface area contributed by atoms with E-state index in [1.807, 2.05) is 0 Å². The van der Waals surface area contributed by atoms with E-state index in [9.17, 15) is 13.2 Å². The van der Waals surface area contributed by atoms with Crippen LogP contribution < -0.4 is 0 Å². The third-order valence-corrected chi connectivity index (χ3v) is 1.05. The van der Waals surface area contributed by atoms with Gasteiger partial charge in [-0.1, -0.05) is 23.8 Å². The van der Waals surface area contributed by atoms with Crippen LogP contribution in [-0.4, -0.2) is 6.18 Å². The molecule has 0 spiro atoms. The first-order valence-corrected chi connectivity index (χ1v) is 3.31. The van der Waals surface area contributed by atoms with E-state index in [-0.39, 0.29) is 0 Å². The average Bonchev–Trinajstić information content (AvgIpc) is 1.79. The maximum atomic E-state index is 11.7. The molecule has 0 saturated heterocycles. The summed E-state index contributed by atoms with van der Waals surface area (Å²) in [6.45, 7) is 3.23. The lowest BCUT2D eigenvalue weighted by molar-refractivity contribution is -0.127. The van der Waals surface area contributed by atoms with Crippen LogP contribution in [-0.2, 0) is 0 Å². The van der Waals surface area contributed by atoms with Gasteiger partial charge in [0.25, 0.3) is 0 Å². The molecule has 0 aliphatic rings. The van der Waals surface area contributed by atoms with Crippen molar-refractivity contribution in [3.63, 3.8) is 0 Å². The van der Waals surface area contributed by atoms with E-state index >= 15 is 0 Å². The second-order valence-electron chi connectivity index (χ2n) is 2.33. The minimum atomic E-state index is -4.08. The van der Waals surface area contributed by atoms with Crippen LogP contribution >= 0.6 is 0 Å². The zero-order valence-electron chi connectivity index (χ0n) is 6.57. The summed E-state index contributed by atoms with van der Waals surface area (Å²) in [5.41, 5.74) is 0.329. The average molecular weight is 164 g/mol. The smallest absolute Gasteiger partial charge is 0.171 e. The van der Waals surface area contributed by atoms with Crippen LogP contribution in [0, 0.1) is 0 Å². The van der Waals surface area contributed by atoms with Gasteiger partial charge in [0.1, 0.15) is 0 Å². The fraction of sp³-hybridized carbons (Fsp3) is 0.500. The maximum Gasteiger partial charge on any atom is 0.392 e.